The Morgan fingerprint density at radius 2 is 2.05 bits per heavy atom. The topological polar surface area (TPSA) is 77.4 Å². The molecule has 4 rings (SSSR count). The summed E-state index contributed by atoms with van der Waals surface area (Å²) in [5.74, 6) is -1.83. The van der Waals surface area contributed by atoms with Gasteiger partial charge in [-0.25, -0.2) is 4.99 Å². The number of fused-ring (bicyclic) bond motifs is 4. The van der Waals surface area contributed by atoms with Crippen molar-refractivity contribution in [2.24, 2.45) is 4.99 Å². The Bertz CT molecular complexity index is 745. The highest BCUT2D eigenvalue weighted by atomic mass is 16.9. The average Bonchev–Trinajstić information content (AvgIpc) is 2.79. The third kappa shape index (κ3) is 1.26. The number of ether oxygens (including phenoxy) is 3. The summed E-state index contributed by atoms with van der Waals surface area (Å²) in [7, 11) is 2.87. The maximum absolute atomic E-state index is 12.8. The second-order valence-corrected chi connectivity index (χ2v) is 5.51. The van der Waals surface area contributed by atoms with Gasteiger partial charge >= 0.3 is 5.97 Å². The summed E-state index contributed by atoms with van der Waals surface area (Å²) in [5.41, 5.74) is -0.454. The van der Waals surface area contributed by atoms with Gasteiger partial charge in [0.2, 0.25) is 5.60 Å². The highest BCUT2D eigenvalue weighted by Crippen LogP contribution is 2.57. The van der Waals surface area contributed by atoms with E-state index < -0.39 is 23.5 Å². The molecule has 3 atom stereocenters. The van der Waals surface area contributed by atoms with Gasteiger partial charge in [-0.2, -0.15) is 0 Å². The fourth-order valence-corrected chi connectivity index (χ4v) is 3.38. The van der Waals surface area contributed by atoms with Gasteiger partial charge in [-0.05, 0) is 6.07 Å². The van der Waals surface area contributed by atoms with Crippen molar-refractivity contribution in [3.05, 3.63) is 35.4 Å². The van der Waals surface area contributed by atoms with Crippen LogP contribution in [0.4, 0.5) is 0 Å². The van der Waals surface area contributed by atoms with Crippen LogP contribution in [0, 0.1) is 0 Å². The van der Waals surface area contributed by atoms with E-state index in [2.05, 4.69) is 4.99 Å². The molecule has 1 spiro atoms. The molecule has 1 aromatic rings. The molecule has 0 bridgehead atoms. The monoisotopic (exact) mass is 302 g/mol. The number of likely N-dealkylation sites (N-methyl/N-ethyl adjacent to an activating group) is 1. The van der Waals surface area contributed by atoms with Crippen LogP contribution >= 0.6 is 0 Å². The Balaban J connectivity index is 1.94. The number of hydrogen-bond donors (Lipinski definition) is 0. The minimum absolute atomic E-state index is 0.357. The van der Waals surface area contributed by atoms with Crippen LogP contribution in [0.1, 0.15) is 22.8 Å². The molecule has 0 radical (unpaired) electrons. The molecule has 0 saturated carbocycles. The first-order chi connectivity index (χ1) is 10.5. The van der Waals surface area contributed by atoms with Crippen LogP contribution in [0.5, 0.6) is 0 Å². The lowest BCUT2D eigenvalue weighted by atomic mass is 9.74. The van der Waals surface area contributed by atoms with Gasteiger partial charge in [-0.3, -0.25) is 19.2 Å². The molecular weight excluding hydrogens is 288 g/mol. The van der Waals surface area contributed by atoms with Crippen LogP contribution in [0.2, 0.25) is 0 Å². The van der Waals surface area contributed by atoms with Gasteiger partial charge in [0.25, 0.3) is 11.8 Å². The molecule has 1 saturated heterocycles. The SMILES string of the molecule is CO[C@]12OC(C)=NC1[C@]1(O2)C(=O)N(C)C(=O)c2ccccc21. The van der Waals surface area contributed by atoms with Crippen LogP contribution in [-0.4, -0.2) is 48.8 Å². The minimum atomic E-state index is -1.39. The molecule has 0 N–H and O–H groups in total. The summed E-state index contributed by atoms with van der Waals surface area (Å²) < 4.78 is 16.7. The highest BCUT2D eigenvalue weighted by molar-refractivity contribution is 6.13. The molecule has 3 aliphatic heterocycles. The van der Waals surface area contributed by atoms with Gasteiger partial charge in [0.05, 0.1) is 0 Å². The second-order valence-electron chi connectivity index (χ2n) is 5.51. The Labute approximate surface area is 126 Å². The van der Waals surface area contributed by atoms with Crippen molar-refractivity contribution in [1.82, 2.24) is 4.90 Å². The Morgan fingerprint density at radius 1 is 1.32 bits per heavy atom. The normalized spacial score (nSPS) is 35.7. The molecule has 0 aliphatic carbocycles. The number of nitrogens with zero attached hydrogens (tertiary/aromatic N) is 2. The van der Waals surface area contributed by atoms with Crippen LogP contribution in [0.3, 0.4) is 0 Å². The van der Waals surface area contributed by atoms with Gasteiger partial charge in [-0.1, -0.05) is 18.2 Å². The van der Waals surface area contributed by atoms with Crippen molar-refractivity contribution < 1.29 is 23.8 Å². The molecule has 1 fully saturated rings. The fraction of sp³-hybridized carbons (Fsp3) is 0.400. The minimum Gasteiger partial charge on any atom is -0.424 e. The molecular formula is C15H14N2O5. The fourth-order valence-electron chi connectivity index (χ4n) is 3.38. The van der Waals surface area contributed by atoms with Crippen LogP contribution in [-0.2, 0) is 24.6 Å². The predicted octanol–water partition coefficient (Wildman–Crippen LogP) is 0.642. The molecule has 1 aromatic carbocycles. The van der Waals surface area contributed by atoms with E-state index in [9.17, 15) is 9.59 Å². The van der Waals surface area contributed by atoms with Crippen molar-refractivity contribution >= 4 is 17.7 Å². The number of benzene rings is 1. The van der Waals surface area contributed by atoms with Crippen LogP contribution < -0.4 is 0 Å². The smallest absolute Gasteiger partial charge is 0.356 e. The number of rotatable bonds is 1. The molecule has 7 nitrogen and oxygen atoms in total. The summed E-state index contributed by atoms with van der Waals surface area (Å²) >= 11 is 0. The van der Waals surface area contributed by atoms with E-state index in [0.29, 0.717) is 17.0 Å². The molecule has 22 heavy (non-hydrogen) atoms. The van der Waals surface area contributed by atoms with Crippen LogP contribution in [0.25, 0.3) is 0 Å². The van der Waals surface area contributed by atoms with Crippen molar-refractivity contribution in [1.29, 1.82) is 0 Å². The summed E-state index contributed by atoms with van der Waals surface area (Å²) in [6.07, 6.45) is 0. The predicted molar refractivity (Wildman–Crippen MR) is 74.0 cm³/mol. The lowest BCUT2D eigenvalue weighted by Gasteiger charge is -2.55. The second kappa shape index (κ2) is 3.93. The third-order valence-corrected chi connectivity index (χ3v) is 4.39. The standard InChI is InChI=1S/C15H14N2O5/c1-8-16-12-14(22-15(12,20-3)21-8)10-7-5-4-6-9(10)11(18)17(2)13(14)19/h4-7,12H,1-3H3/t12?,14-,15-/m0/s1. The summed E-state index contributed by atoms with van der Waals surface area (Å²) in [6, 6.07) is 6.20. The molecule has 0 aromatic heterocycles. The largest absolute Gasteiger partial charge is 0.424 e. The van der Waals surface area contributed by atoms with Gasteiger partial charge in [0.1, 0.15) is 0 Å². The Kier molecular flexibility index (Phi) is 2.40. The molecule has 2 amide bonds. The summed E-state index contributed by atoms with van der Waals surface area (Å²) in [5, 5.41) is 0. The van der Waals surface area contributed by atoms with Crippen molar-refractivity contribution in [2.45, 2.75) is 24.5 Å². The quantitative estimate of drug-likeness (QED) is 0.712. The van der Waals surface area contributed by atoms with E-state index in [1.807, 2.05) is 0 Å². The number of aliphatic imine (C=N–C) groups is 1. The Morgan fingerprint density at radius 3 is 2.77 bits per heavy atom. The van der Waals surface area contributed by atoms with Gasteiger partial charge in [-0.15, -0.1) is 0 Å². The van der Waals surface area contributed by atoms with E-state index in [-0.39, 0.29) is 5.91 Å². The first-order valence-electron chi connectivity index (χ1n) is 6.87. The van der Waals surface area contributed by atoms with Crippen molar-refractivity contribution in [2.75, 3.05) is 14.2 Å². The number of carbonyl (C=O) groups excluding carboxylic acids is 2. The summed E-state index contributed by atoms with van der Waals surface area (Å²) in [6.45, 7) is 1.67. The molecule has 3 heterocycles. The maximum Gasteiger partial charge on any atom is 0.356 e. The van der Waals surface area contributed by atoms with Gasteiger partial charge in [0, 0.05) is 32.2 Å². The number of methoxy groups -OCH3 is 1. The zero-order valence-electron chi connectivity index (χ0n) is 12.3. The van der Waals surface area contributed by atoms with E-state index in [4.69, 9.17) is 14.2 Å². The third-order valence-electron chi connectivity index (χ3n) is 4.39. The molecule has 3 aliphatic rings. The van der Waals surface area contributed by atoms with E-state index in [1.54, 1.807) is 31.2 Å². The first kappa shape index (κ1) is 13.4. The van der Waals surface area contributed by atoms with Crippen molar-refractivity contribution in [3.63, 3.8) is 0 Å². The maximum atomic E-state index is 12.8. The highest BCUT2D eigenvalue weighted by Gasteiger charge is 2.78. The van der Waals surface area contributed by atoms with Gasteiger partial charge in [0.15, 0.2) is 11.9 Å². The van der Waals surface area contributed by atoms with Gasteiger partial charge < -0.3 is 9.47 Å². The summed E-state index contributed by atoms with van der Waals surface area (Å²) in [4.78, 5) is 30.6. The lowest BCUT2D eigenvalue weighted by molar-refractivity contribution is -0.457. The zero-order valence-corrected chi connectivity index (χ0v) is 12.3. The van der Waals surface area contributed by atoms with E-state index in [1.165, 1.54) is 14.2 Å². The number of imide groups is 1. The van der Waals surface area contributed by atoms with E-state index >= 15 is 0 Å². The van der Waals surface area contributed by atoms with Crippen LogP contribution in [0.15, 0.2) is 29.3 Å². The number of hydrogen-bond acceptors (Lipinski definition) is 6. The zero-order chi connectivity index (χ0) is 15.7. The van der Waals surface area contributed by atoms with Crippen molar-refractivity contribution in [3.8, 4) is 0 Å². The molecule has 1 unspecified atom stereocenters. The van der Waals surface area contributed by atoms with E-state index in [0.717, 1.165) is 4.90 Å². The lowest BCUT2D eigenvalue weighted by Crippen LogP contribution is -2.76. The average molecular weight is 302 g/mol. The number of amides is 2. The molecule has 7 heteroatoms. The Hall–Kier alpha value is -2.25. The number of carbonyl (C=O) groups is 2. The molecule has 114 valence electrons. The first-order valence-corrected chi connectivity index (χ1v) is 6.87.